The van der Waals surface area contributed by atoms with Crippen molar-refractivity contribution in [3.05, 3.63) is 29.8 Å². The molecule has 0 heterocycles. The topological polar surface area (TPSA) is 376 Å². The van der Waals surface area contributed by atoms with Crippen LogP contribution >= 0.6 is 12.6 Å². The molecule has 0 spiro atoms. The number of carbonyl (C=O) groups excluding carboxylic acids is 7. The van der Waals surface area contributed by atoms with Crippen LogP contribution in [0.25, 0.3) is 0 Å². The first kappa shape index (κ1) is 48.0. The molecule has 0 aliphatic rings. The number of carboxylic acid groups (broad SMARTS) is 3. The Bertz CT molecular complexity index is 1610. The maximum Gasteiger partial charge on any atom is 0.326 e. The Morgan fingerprint density at radius 1 is 0.679 bits per heavy atom. The molecule has 0 saturated heterocycles. The number of primary amides is 1. The van der Waals surface area contributed by atoms with Gasteiger partial charge in [0.05, 0.1) is 25.4 Å². The van der Waals surface area contributed by atoms with Crippen LogP contribution in [0.15, 0.2) is 24.3 Å². The molecular formula is C33H48N8O14S. The lowest BCUT2D eigenvalue weighted by atomic mass is 10.0. The molecule has 6 atom stereocenters. The Hall–Kier alpha value is -5.97. The van der Waals surface area contributed by atoms with Crippen LogP contribution in [0.3, 0.4) is 0 Å². The van der Waals surface area contributed by atoms with E-state index in [-0.39, 0.29) is 18.1 Å². The fourth-order valence-electron chi connectivity index (χ4n) is 4.84. The predicted octanol–water partition coefficient (Wildman–Crippen LogP) is -3.92. The van der Waals surface area contributed by atoms with Crippen LogP contribution < -0.4 is 43.4 Å². The lowest BCUT2D eigenvalue weighted by molar-refractivity contribution is -0.144. The van der Waals surface area contributed by atoms with E-state index in [1.165, 1.54) is 24.3 Å². The van der Waals surface area contributed by atoms with E-state index in [1.807, 2.05) is 24.5 Å². The molecule has 14 N–H and O–H groups in total. The van der Waals surface area contributed by atoms with Crippen LogP contribution in [-0.2, 0) is 54.4 Å². The minimum atomic E-state index is -1.95. The normalized spacial score (nSPS) is 14.0. The van der Waals surface area contributed by atoms with Gasteiger partial charge < -0.3 is 63.8 Å². The van der Waals surface area contributed by atoms with Gasteiger partial charge in [-0.1, -0.05) is 26.0 Å². The van der Waals surface area contributed by atoms with Crippen LogP contribution in [0.5, 0.6) is 5.75 Å². The van der Waals surface area contributed by atoms with E-state index in [9.17, 15) is 63.3 Å². The van der Waals surface area contributed by atoms with Crippen LogP contribution in [0, 0.1) is 5.92 Å². The summed E-state index contributed by atoms with van der Waals surface area (Å²) >= 11 is 3.93. The van der Waals surface area contributed by atoms with Crippen molar-refractivity contribution in [1.82, 2.24) is 31.9 Å². The molecule has 22 nitrogen and oxygen atoms in total. The van der Waals surface area contributed by atoms with Crippen molar-refractivity contribution in [2.24, 2.45) is 17.4 Å². The van der Waals surface area contributed by atoms with Gasteiger partial charge in [-0.25, -0.2) is 4.79 Å². The number of aliphatic carboxylic acids is 3. The Morgan fingerprint density at radius 2 is 1.20 bits per heavy atom. The first-order valence-corrected chi connectivity index (χ1v) is 17.6. The number of carboxylic acids is 3. The molecule has 0 bridgehead atoms. The van der Waals surface area contributed by atoms with Gasteiger partial charge >= 0.3 is 17.9 Å². The molecule has 0 unspecified atom stereocenters. The summed E-state index contributed by atoms with van der Waals surface area (Å²) in [5.41, 5.74) is 11.7. The van der Waals surface area contributed by atoms with Crippen LogP contribution in [0.2, 0.25) is 0 Å². The van der Waals surface area contributed by atoms with Gasteiger partial charge in [0.2, 0.25) is 41.4 Å². The van der Waals surface area contributed by atoms with Crippen LogP contribution in [0.1, 0.15) is 51.5 Å². The fraction of sp³-hybridized carbons (Fsp3) is 0.515. The zero-order chi connectivity index (χ0) is 42.7. The molecule has 56 heavy (non-hydrogen) atoms. The number of phenolic OH excluding ortho intramolecular Hbond substituents is 1. The van der Waals surface area contributed by atoms with Crippen molar-refractivity contribution in [2.75, 3.05) is 12.3 Å². The largest absolute Gasteiger partial charge is 0.508 e. The second-order valence-corrected chi connectivity index (χ2v) is 13.3. The van der Waals surface area contributed by atoms with Crippen LogP contribution in [-0.4, -0.2) is 128 Å². The minimum absolute atomic E-state index is 0.0504. The third kappa shape index (κ3) is 18.4. The Morgan fingerprint density at radius 3 is 1.70 bits per heavy atom. The first-order valence-electron chi connectivity index (χ1n) is 17.0. The van der Waals surface area contributed by atoms with Crippen molar-refractivity contribution in [2.45, 2.75) is 88.6 Å². The first-order chi connectivity index (χ1) is 26.1. The number of nitrogens with one attached hydrogen (secondary N) is 6. The zero-order valence-corrected chi connectivity index (χ0v) is 31.4. The number of phenols is 1. The van der Waals surface area contributed by atoms with Crippen molar-refractivity contribution in [1.29, 1.82) is 0 Å². The summed E-state index contributed by atoms with van der Waals surface area (Å²) in [5.74, 6) is -12.4. The molecule has 23 heteroatoms. The van der Waals surface area contributed by atoms with Gasteiger partial charge in [-0.05, 0) is 36.5 Å². The highest BCUT2D eigenvalue weighted by Gasteiger charge is 2.33. The molecule has 0 radical (unpaired) electrons. The molecule has 7 amide bonds. The summed E-state index contributed by atoms with van der Waals surface area (Å²) in [6, 6.07) is -3.56. The average Bonchev–Trinajstić information content (AvgIpc) is 3.10. The highest BCUT2D eigenvalue weighted by molar-refractivity contribution is 7.80. The number of aromatic hydroxyl groups is 1. The molecule has 0 aliphatic carbocycles. The number of thiol groups is 1. The summed E-state index contributed by atoms with van der Waals surface area (Å²) in [6.45, 7) is 2.87. The Labute approximate surface area is 325 Å². The van der Waals surface area contributed by atoms with E-state index in [0.717, 1.165) is 0 Å². The highest BCUT2D eigenvalue weighted by atomic mass is 32.1. The zero-order valence-electron chi connectivity index (χ0n) is 30.5. The van der Waals surface area contributed by atoms with E-state index >= 15 is 0 Å². The molecular weight excluding hydrogens is 764 g/mol. The van der Waals surface area contributed by atoms with Gasteiger partial charge in [-0.15, -0.1) is 0 Å². The standard InChI is InChI=1S/C33H48N8O14S/c1-15(2)9-18(34)28(49)39-20(10-16-3-5-17(42)6-4-16)29(50)36-13-25(44)37-21(11-24(35)43)30(51)40-22(12-27(47)48)31(52)41-23(14-56)32(53)38-19(33(54)55)7-8-26(45)46/h3-6,15,18-23,42,56H,7-14,34H2,1-2H3,(H2,35,43)(H,36,50)(H,37,44)(H,38,53)(H,39,49)(H,40,51)(H,41,52)(H,45,46)(H,47,48)(H,54,55)/t18-,19-,20-,21-,22-,23-/m0/s1. The summed E-state index contributed by atoms with van der Waals surface area (Å²) in [7, 11) is 0. The minimum Gasteiger partial charge on any atom is -0.508 e. The SMILES string of the molecule is CC(C)C[C@H](N)C(=O)N[C@@H](Cc1ccc(O)cc1)C(=O)NCC(=O)N[C@@H](CC(N)=O)C(=O)N[C@@H](CC(=O)O)C(=O)N[C@@H](CS)C(=O)N[C@@H](CCC(=O)O)C(=O)O. The predicted molar refractivity (Wildman–Crippen MR) is 196 cm³/mol. The van der Waals surface area contributed by atoms with Crippen molar-refractivity contribution >= 4 is 71.9 Å². The van der Waals surface area contributed by atoms with E-state index in [1.54, 1.807) is 0 Å². The second kappa shape index (κ2) is 23.7. The molecule has 1 aromatic carbocycles. The van der Waals surface area contributed by atoms with Gasteiger partial charge in [0.25, 0.3) is 0 Å². The van der Waals surface area contributed by atoms with Crippen molar-refractivity contribution in [3.63, 3.8) is 0 Å². The molecule has 0 saturated carbocycles. The Balaban J connectivity index is 3.09. The molecule has 310 valence electrons. The third-order valence-corrected chi connectivity index (χ3v) is 8.01. The number of hydrogen-bond acceptors (Lipinski definition) is 13. The van der Waals surface area contributed by atoms with Gasteiger partial charge in [-0.3, -0.25) is 43.2 Å². The van der Waals surface area contributed by atoms with Gasteiger partial charge in [-0.2, -0.15) is 12.6 Å². The third-order valence-electron chi connectivity index (χ3n) is 7.64. The maximum atomic E-state index is 13.2. The second-order valence-electron chi connectivity index (χ2n) is 12.9. The molecule has 1 rings (SSSR count). The van der Waals surface area contributed by atoms with E-state index in [0.29, 0.717) is 12.0 Å². The quantitative estimate of drug-likeness (QED) is 0.0420. The monoisotopic (exact) mass is 812 g/mol. The number of nitrogens with two attached hydrogens (primary N) is 2. The smallest absolute Gasteiger partial charge is 0.326 e. The number of rotatable bonds is 25. The number of carbonyl (C=O) groups is 10. The van der Waals surface area contributed by atoms with Gasteiger partial charge in [0, 0.05) is 18.6 Å². The van der Waals surface area contributed by atoms with Gasteiger partial charge in [0.1, 0.15) is 36.0 Å². The van der Waals surface area contributed by atoms with Crippen molar-refractivity contribution in [3.8, 4) is 5.75 Å². The van der Waals surface area contributed by atoms with Crippen LogP contribution in [0.4, 0.5) is 0 Å². The average molecular weight is 813 g/mol. The fourth-order valence-corrected chi connectivity index (χ4v) is 5.09. The highest BCUT2D eigenvalue weighted by Crippen LogP contribution is 2.12. The summed E-state index contributed by atoms with van der Waals surface area (Å²) in [4.78, 5) is 124. The van der Waals surface area contributed by atoms with Crippen molar-refractivity contribution < 1.29 is 68.4 Å². The van der Waals surface area contributed by atoms with E-state index < -0.39 is 133 Å². The van der Waals surface area contributed by atoms with E-state index in [4.69, 9.17) is 16.6 Å². The number of amides is 7. The summed E-state index contributed by atoms with van der Waals surface area (Å²) < 4.78 is 0. The molecule has 1 aromatic rings. The number of benzene rings is 1. The molecule has 0 fully saturated rings. The number of hydrogen-bond donors (Lipinski definition) is 13. The molecule has 0 aromatic heterocycles. The lowest BCUT2D eigenvalue weighted by Crippen LogP contribution is -2.59. The molecule has 0 aliphatic heterocycles. The maximum absolute atomic E-state index is 13.2. The summed E-state index contributed by atoms with van der Waals surface area (Å²) in [5, 5.41) is 50.3. The van der Waals surface area contributed by atoms with Gasteiger partial charge in [0.15, 0.2) is 0 Å². The lowest BCUT2D eigenvalue weighted by Gasteiger charge is -2.25. The Kier molecular flexibility index (Phi) is 20.4. The summed E-state index contributed by atoms with van der Waals surface area (Å²) in [6.07, 6.45) is -2.87. The van der Waals surface area contributed by atoms with E-state index in [2.05, 4.69) is 33.9 Å².